The summed E-state index contributed by atoms with van der Waals surface area (Å²) in [6.45, 7) is 8.30. The van der Waals surface area contributed by atoms with Gasteiger partial charge in [-0.1, -0.05) is 42.5 Å². The zero-order chi connectivity index (χ0) is 18.8. The van der Waals surface area contributed by atoms with Gasteiger partial charge in [0, 0.05) is 39.0 Å². The Labute approximate surface area is 161 Å². The molecule has 27 heavy (non-hydrogen) atoms. The van der Waals surface area contributed by atoms with Crippen LogP contribution in [0.2, 0.25) is 0 Å². The molecule has 2 aliphatic rings. The highest BCUT2D eigenvalue weighted by atomic mass is 16.5. The normalized spacial score (nSPS) is 24.8. The van der Waals surface area contributed by atoms with E-state index in [0.717, 1.165) is 31.9 Å². The second-order valence-corrected chi connectivity index (χ2v) is 7.73. The van der Waals surface area contributed by atoms with Crippen LogP contribution in [0.15, 0.2) is 54.6 Å². The number of carbonyl (C=O) groups excluding carboxylic acids is 1. The first-order valence-electron chi connectivity index (χ1n) is 9.92. The number of nitrogens with zero attached hydrogens (tertiary/aromatic N) is 2. The topological polar surface area (TPSA) is 32.8 Å². The maximum atomic E-state index is 12.2. The summed E-state index contributed by atoms with van der Waals surface area (Å²) >= 11 is 0. The number of rotatable bonds is 5. The van der Waals surface area contributed by atoms with E-state index in [4.69, 9.17) is 4.74 Å². The van der Waals surface area contributed by atoms with Crippen molar-refractivity contribution < 1.29 is 9.53 Å². The van der Waals surface area contributed by atoms with Crippen LogP contribution in [0.3, 0.4) is 0 Å². The molecule has 4 rings (SSSR count). The molecule has 2 aromatic rings. The van der Waals surface area contributed by atoms with Crippen molar-refractivity contribution in [2.24, 2.45) is 11.8 Å². The van der Waals surface area contributed by atoms with Gasteiger partial charge in [0.25, 0.3) is 0 Å². The van der Waals surface area contributed by atoms with E-state index < -0.39 is 0 Å². The van der Waals surface area contributed by atoms with Crippen molar-refractivity contribution in [1.29, 1.82) is 0 Å². The molecule has 3 atom stereocenters. The molecule has 2 heterocycles. The standard InChI is InChI=1S/C23H28N2O2/c1-3-27-21-11-7-8-18(12-21)13-24-14-20-15-25(17(2)26)23(22(20)16-24)19-9-5-4-6-10-19/h4-12,20,22-23H,3,13-16H2,1-2H3/t20-,22-,23-/m1/s1. The van der Waals surface area contributed by atoms with E-state index in [-0.39, 0.29) is 11.9 Å². The zero-order valence-corrected chi connectivity index (χ0v) is 16.2. The van der Waals surface area contributed by atoms with Crippen LogP contribution in [0.4, 0.5) is 0 Å². The fourth-order valence-electron chi connectivity index (χ4n) is 4.83. The van der Waals surface area contributed by atoms with Gasteiger partial charge in [-0.2, -0.15) is 0 Å². The minimum atomic E-state index is 0.189. The number of likely N-dealkylation sites (tertiary alicyclic amines) is 2. The first kappa shape index (κ1) is 18.1. The molecule has 4 heteroatoms. The zero-order valence-electron chi connectivity index (χ0n) is 16.2. The summed E-state index contributed by atoms with van der Waals surface area (Å²) in [5.74, 6) is 2.19. The number of amides is 1. The van der Waals surface area contributed by atoms with Crippen LogP contribution < -0.4 is 4.74 Å². The summed E-state index contributed by atoms with van der Waals surface area (Å²) < 4.78 is 5.64. The second-order valence-electron chi connectivity index (χ2n) is 7.73. The van der Waals surface area contributed by atoms with Gasteiger partial charge in [0.05, 0.1) is 12.6 Å². The molecule has 4 nitrogen and oxygen atoms in total. The van der Waals surface area contributed by atoms with Gasteiger partial charge in [0.1, 0.15) is 5.75 Å². The van der Waals surface area contributed by atoms with Crippen LogP contribution in [0.5, 0.6) is 5.75 Å². The average Bonchev–Trinajstić information content (AvgIpc) is 3.20. The van der Waals surface area contributed by atoms with E-state index in [9.17, 15) is 4.79 Å². The molecule has 2 aliphatic heterocycles. The van der Waals surface area contributed by atoms with Crippen LogP contribution in [0, 0.1) is 11.8 Å². The Morgan fingerprint density at radius 3 is 2.63 bits per heavy atom. The Kier molecular flexibility index (Phi) is 5.17. The quantitative estimate of drug-likeness (QED) is 0.810. The van der Waals surface area contributed by atoms with Gasteiger partial charge in [0.2, 0.25) is 5.91 Å². The molecule has 0 N–H and O–H groups in total. The molecule has 2 aromatic carbocycles. The lowest BCUT2D eigenvalue weighted by molar-refractivity contribution is -0.130. The maximum absolute atomic E-state index is 12.2. The molecular weight excluding hydrogens is 336 g/mol. The van der Waals surface area contributed by atoms with Gasteiger partial charge in [-0.05, 0) is 36.1 Å². The van der Waals surface area contributed by atoms with Crippen molar-refractivity contribution in [2.45, 2.75) is 26.4 Å². The number of ether oxygens (including phenoxy) is 1. The van der Waals surface area contributed by atoms with Crippen molar-refractivity contribution in [1.82, 2.24) is 9.80 Å². The first-order valence-corrected chi connectivity index (χ1v) is 9.92. The van der Waals surface area contributed by atoms with Crippen molar-refractivity contribution in [2.75, 3.05) is 26.2 Å². The SMILES string of the molecule is CCOc1cccc(CN2C[C@@H]3CN(C(C)=O)[C@H](c4ccccc4)[C@@H]3C2)c1. The van der Waals surface area contributed by atoms with E-state index in [0.29, 0.717) is 18.4 Å². The minimum Gasteiger partial charge on any atom is -0.494 e. The third-order valence-corrected chi connectivity index (χ3v) is 5.90. The van der Waals surface area contributed by atoms with Gasteiger partial charge in [0.15, 0.2) is 0 Å². The Morgan fingerprint density at radius 1 is 1.07 bits per heavy atom. The number of hydrogen-bond donors (Lipinski definition) is 0. The molecule has 2 saturated heterocycles. The van der Waals surface area contributed by atoms with Crippen molar-refractivity contribution in [3.63, 3.8) is 0 Å². The van der Waals surface area contributed by atoms with Crippen molar-refractivity contribution >= 4 is 5.91 Å². The number of carbonyl (C=O) groups is 1. The van der Waals surface area contributed by atoms with Crippen LogP contribution in [0.25, 0.3) is 0 Å². The molecule has 0 aromatic heterocycles. The highest BCUT2D eigenvalue weighted by Crippen LogP contribution is 2.45. The highest BCUT2D eigenvalue weighted by Gasteiger charge is 2.48. The molecule has 142 valence electrons. The van der Waals surface area contributed by atoms with Crippen LogP contribution in [-0.4, -0.2) is 41.9 Å². The second kappa shape index (κ2) is 7.73. The fraction of sp³-hybridized carbons (Fsp3) is 0.435. The number of hydrogen-bond acceptors (Lipinski definition) is 3. The van der Waals surface area contributed by atoms with E-state index in [1.165, 1.54) is 11.1 Å². The summed E-state index contributed by atoms with van der Waals surface area (Å²) in [5.41, 5.74) is 2.56. The molecule has 0 spiro atoms. The Bertz CT molecular complexity index is 792. The van der Waals surface area contributed by atoms with E-state index in [1.54, 1.807) is 6.92 Å². The lowest BCUT2D eigenvalue weighted by atomic mass is 9.89. The molecule has 0 unspecified atom stereocenters. The van der Waals surface area contributed by atoms with Gasteiger partial charge < -0.3 is 9.64 Å². The van der Waals surface area contributed by atoms with Gasteiger partial charge in [-0.3, -0.25) is 9.69 Å². The summed E-state index contributed by atoms with van der Waals surface area (Å²) in [6.07, 6.45) is 0. The lowest BCUT2D eigenvalue weighted by Gasteiger charge is -2.29. The Hall–Kier alpha value is -2.33. The first-order chi connectivity index (χ1) is 13.2. The van der Waals surface area contributed by atoms with Gasteiger partial charge >= 0.3 is 0 Å². The summed E-state index contributed by atoms with van der Waals surface area (Å²) in [5, 5.41) is 0. The monoisotopic (exact) mass is 364 g/mol. The van der Waals surface area contributed by atoms with Crippen LogP contribution in [0.1, 0.15) is 31.0 Å². The van der Waals surface area contributed by atoms with Crippen molar-refractivity contribution in [3.8, 4) is 5.75 Å². The average molecular weight is 364 g/mol. The molecule has 2 fully saturated rings. The Morgan fingerprint density at radius 2 is 1.89 bits per heavy atom. The van der Waals surface area contributed by atoms with E-state index in [1.807, 2.05) is 19.1 Å². The van der Waals surface area contributed by atoms with E-state index in [2.05, 4.69) is 52.3 Å². The third kappa shape index (κ3) is 3.72. The molecule has 0 aliphatic carbocycles. The third-order valence-electron chi connectivity index (χ3n) is 5.90. The largest absolute Gasteiger partial charge is 0.494 e. The fourth-order valence-corrected chi connectivity index (χ4v) is 4.83. The van der Waals surface area contributed by atoms with Crippen LogP contribution in [-0.2, 0) is 11.3 Å². The molecule has 0 radical (unpaired) electrons. The number of fused-ring (bicyclic) bond motifs is 1. The molecular formula is C23H28N2O2. The van der Waals surface area contributed by atoms with Crippen LogP contribution >= 0.6 is 0 Å². The summed E-state index contributed by atoms with van der Waals surface area (Å²) in [6, 6.07) is 19.1. The van der Waals surface area contributed by atoms with Gasteiger partial charge in [-0.15, -0.1) is 0 Å². The molecule has 0 saturated carbocycles. The number of benzene rings is 2. The molecule has 1 amide bonds. The predicted octanol–water partition coefficient (Wildman–Crippen LogP) is 3.74. The van der Waals surface area contributed by atoms with Gasteiger partial charge in [-0.25, -0.2) is 0 Å². The lowest BCUT2D eigenvalue weighted by Crippen LogP contribution is -2.34. The predicted molar refractivity (Wildman–Crippen MR) is 106 cm³/mol. The Balaban J connectivity index is 1.50. The van der Waals surface area contributed by atoms with E-state index >= 15 is 0 Å². The minimum absolute atomic E-state index is 0.189. The maximum Gasteiger partial charge on any atom is 0.219 e. The smallest absolute Gasteiger partial charge is 0.219 e. The van der Waals surface area contributed by atoms with Crippen molar-refractivity contribution in [3.05, 3.63) is 65.7 Å². The highest BCUT2D eigenvalue weighted by molar-refractivity contribution is 5.74. The molecule has 0 bridgehead atoms. The summed E-state index contributed by atoms with van der Waals surface area (Å²) in [7, 11) is 0. The summed E-state index contributed by atoms with van der Waals surface area (Å²) in [4.78, 5) is 16.8.